The molecule has 0 spiro atoms. The van der Waals surface area contributed by atoms with Crippen LogP contribution in [0.5, 0.6) is 5.88 Å². The predicted octanol–water partition coefficient (Wildman–Crippen LogP) is 2.65. The molecule has 1 aromatic rings. The van der Waals surface area contributed by atoms with Gasteiger partial charge in [0.2, 0.25) is 5.88 Å². The molecule has 1 aromatic heterocycles. The first-order valence-corrected chi connectivity index (χ1v) is 7.10. The smallest absolute Gasteiger partial charge is 0.234 e. The highest BCUT2D eigenvalue weighted by molar-refractivity contribution is 5.35. The van der Waals surface area contributed by atoms with Crippen molar-refractivity contribution in [2.24, 2.45) is 5.41 Å². The second-order valence-corrected chi connectivity index (χ2v) is 6.50. The quantitative estimate of drug-likeness (QED) is 0.832. The average Bonchev–Trinajstić information content (AvgIpc) is 2.26. The van der Waals surface area contributed by atoms with Crippen LogP contribution in [0.1, 0.15) is 34.6 Å². The van der Waals surface area contributed by atoms with Crippen LogP contribution in [0.4, 0.5) is 5.82 Å². The molecule has 0 bridgehead atoms. The van der Waals surface area contributed by atoms with Crippen LogP contribution >= 0.6 is 0 Å². The molecule has 1 atom stereocenters. The van der Waals surface area contributed by atoms with Gasteiger partial charge in [-0.1, -0.05) is 13.8 Å². The van der Waals surface area contributed by atoms with Gasteiger partial charge in [-0.25, -0.2) is 0 Å². The summed E-state index contributed by atoms with van der Waals surface area (Å²) < 4.78 is 5.56. The number of aromatic nitrogens is 2. The molecule has 5 nitrogen and oxygen atoms in total. The SMILES string of the molecule is CC(C)Oc1cncc(NC(C)C(C)(C)CN(C)C)n1. The summed E-state index contributed by atoms with van der Waals surface area (Å²) in [5.41, 5.74) is 0.125. The second kappa shape index (κ2) is 6.88. The Hall–Kier alpha value is -1.36. The largest absolute Gasteiger partial charge is 0.474 e. The van der Waals surface area contributed by atoms with Gasteiger partial charge >= 0.3 is 0 Å². The third-order valence-corrected chi connectivity index (χ3v) is 3.23. The predicted molar refractivity (Wildman–Crippen MR) is 83.2 cm³/mol. The number of ether oxygens (including phenoxy) is 1. The summed E-state index contributed by atoms with van der Waals surface area (Å²) in [5, 5.41) is 3.42. The normalized spacial score (nSPS) is 13.7. The van der Waals surface area contributed by atoms with E-state index in [9.17, 15) is 0 Å². The number of anilines is 1. The highest BCUT2D eigenvalue weighted by atomic mass is 16.5. The second-order valence-electron chi connectivity index (χ2n) is 6.50. The lowest BCUT2D eigenvalue weighted by Gasteiger charge is -2.35. The average molecular weight is 280 g/mol. The molecule has 20 heavy (non-hydrogen) atoms. The van der Waals surface area contributed by atoms with Gasteiger partial charge in [0, 0.05) is 12.6 Å². The van der Waals surface area contributed by atoms with Gasteiger partial charge in [-0.2, -0.15) is 4.98 Å². The van der Waals surface area contributed by atoms with Crippen LogP contribution in [0.3, 0.4) is 0 Å². The third kappa shape index (κ3) is 5.33. The minimum absolute atomic E-state index is 0.0992. The van der Waals surface area contributed by atoms with E-state index in [0.29, 0.717) is 5.88 Å². The van der Waals surface area contributed by atoms with Crippen molar-refractivity contribution in [2.45, 2.75) is 46.8 Å². The van der Waals surface area contributed by atoms with Gasteiger partial charge in [-0.3, -0.25) is 4.98 Å². The van der Waals surface area contributed by atoms with Gasteiger partial charge in [0.15, 0.2) is 0 Å². The molecule has 0 aromatic carbocycles. The molecule has 114 valence electrons. The van der Waals surface area contributed by atoms with Crippen molar-refractivity contribution in [1.29, 1.82) is 0 Å². The van der Waals surface area contributed by atoms with Crippen molar-refractivity contribution in [3.63, 3.8) is 0 Å². The van der Waals surface area contributed by atoms with Crippen molar-refractivity contribution in [3.8, 4) is 5.88 Å². The van der Waals surface area contributed by atoms with Crippen LogP contribution in [0.15, 0.2) is 12.4 Å². The van der Waals surface area contributed by atoms with E-state index < -0.39 is 0 Å². The van der Waals surface area contributed by atoms with Crippen molar-refractivity contribution < 1.29 is 4.74 Å². The zero-order valence-corrected chi connectivity index (χ0v) is 13.8. The fraction of sp³-hybridized carbons (Fsp3) is 0.733. The molecule has 0 saturated heterocycles. The lowest BCUT2D eigenvalue weighted by molar-refractivity contribution is 0.216. The molecule has 0 amide bonds. The number of nitrogens with zero attached hydrogens (tertiary/aromatic N) is 3. The minimum atomic E-state index is 0.0992. The van der Waals surface area contributed by atoms with E-state index in [1.54, 1.807) is 12.4 Å². The zero-order chi connectivity index (χ0) is 15.3. The molecular formula is C15H28N4O. The fourth-order valence-electron chi connectivity index (χ4n) is 2.09. The molecule has 1 rings (SSSR count). The lowest BCUT2D eigenvalue weighted by Crippen LogP contribution is -2.41. The van der Waals surface area contributed by atoms with Gasteiger partial charge in [0.1, 0.15) is 5.82 Å². The van der Waals surface area contributed by atoms with Gasteiger partial charge in [-0.15, -0.1) is 0 Å². The number of hydrogen-bond donors (Lipinski definition) is 1. The van der Waals surface area contributed by atoms with E-state index in [-0.39, 0.29) is 17.6 Å². The van der Waals surface area contributed by atoms with Gasteiger partial charge < -0.3 is 15.0 Å². The first-order valence-electron chi connectivity index (χ1n) is 7.10. The summed E-state index contributed by atoms with van der Waals surface area (Å²) >= 11 is 0. The van der Waals surface area contributed by atoms with E-state index in [0.717, 1.165) is 12.4 Å². The van der Waals surface area contributed by atoms with Crippen LogP contribution in [0.2, 0.25) is 0 Å². The third-order valence-electron chi connectivity index (χ3n) is 3.23. The van der Waals surface area contributed by atoms with Crippen molar-refractivity contribution >= 4 is 5.82 Å². The molecular weight excluding hydrogens is 252 g/mol. The van der Waals surface area contributed by atoms with Gasteiger partial charge in [0.25, 0.3) is 0 Å². The molecule has 0 radical (unpaired) electrons. The summed E-state index contributed by atoms with van der Waals surface area (Å²) in [6.07, 6.45) is 3.47. The molecule has 0 aliphatic heterocycles. The Morgan fingerprint density at radius 1 is 1.25 bits per heavy atom. The molecule has 5 heteroatoms. The van der Waals surface area contributed by atoms with E-state index >= 15 is 0 Å². The van der Waals surface area contributed by atoms with E-state index in [4.69, 9.17) is 4.74 Å². The van der Waals surface area contributed by atoms with Gasteiger partial charge in [0.05, 0.1) is 18.5 Å². The van der Waals surface area contributed by atoms with Gasteiger partial charge in [-0.05, 0) is 40.3 Å². The van der Waals surface area contributed by atoms with Crippen LogP contribution in [-0.2, 0) is 0 Å². The maximum atomic E-state index is 5.56. The monoisotopic (exact) mass is 280 g/mol. The summed E-state index contributed by atoms with van der Waals surface area (Å²) in [7, 11) is 4.18. The number of rotatable bonds is 7. The van der Waals surface area contributed by atoms with Crippen molar-refractivity contribution in [2.75, 3.05) is 26.0 Å². The Labute approximate surface area is 122 Å². The number of nitrogens with one attached hydrogen (secondary N) is 1. The molecule has 0 aliphatic carbocycles. The maximum Gasteiger partial charge on any atom is 0.234 e. The van der Waals surface area contributed by atoms with E-state index in [1.807, 2.05) is 13.8 Å². The first-order chi connectivity index (χ1) is 9.20. The lowest BCUT2D eigenvalue weighted by atomic mass is 9.85. The molecule has 1 N–H and O–H groups in total. The molecule has 1 unspecified atom stereocenters. The molecule has 0 saturated carbocycles. The molecule has 0 aliphatic rings. The Morgan fingerprint density at radius 3 is 2.45 bits per heavy atom. The Balaban J connectivity index is 2.72. The Morgan fingerprint density at radius 2 is 1.90 bits per heavy atom. The molecule has 1 heterocycles. The van der Waals surface area contributed by atoms with Crippen LogP contribution in [0, 0.1) is 5.41 Å². The summed E-state index contributed by atoms with van der Waals surface area (Å²) in [6, 6.07) is 0.272. The minimum Gasteiger partial charge on any atom is -0.474 e. The topological polar surface area (TPSA) is 50.3 Å². The Kier molecular flexibility index (Phi) is 5.74. The van der Waals surface area contributed by atoms with Crippen molar-refractivity contribution in [1.82, 2.24) is 14.9 Å². The highest BCUT2D eigenvalue weighted by Crippen LogP contribution is 2.24. The summed E-state index contributed by atoms with van der Waals surface area (Å²) in [4.78, 5) is 10.8. The van der Waals surface area contributed by atoms with Crippen molar-refractivity contribution in [3.05, 3.63) is 12.4 Å². The number of hydrogen-bond acceptors (Lipinski definition) is 5. The van der Waals surface area contributed by atoms with E-state index in [2.05, 4.69) is 55.1 Å². The fourth-order valence-corrected chi connectivity index (χ4v) is 2.09. The zero-order valence-electron chi connectivity index (χ0n) is 13.8. The molecule has 0 fully saturated rings. The summed E-state index contributed by atoms with van der Waals surface area (Å²) in [5.74, 6) is 1.31. The van der Waals surface area contributed by atoms with Crippen LogP contribution in [0.25, 0.3) is 0 Å². The highest BCUT2D eigenvalue weighted by Gasteiger charge is 2.26. The van der Waals surface area contributed by atoms with Crippen LogP contribution in [-0.4, -0.2) is 47.7 Å². The summed E-state index contributed by atoms with van der Waals surface area (Å²) in [6.45, 7) is 11.6. The van der Waals surface area contributed by atoms with Crippen LogP contribution < -0.4 is 10.1 Å². The standard InChI is InChI=1S/C15H28N4O/c1-11(2)20-14-9-16-8-13(18-14)17-12(3)15(4,5)10-19(6)7/h8-9,11-12H,10H2,1-7H3,(H,17,18). The maximum absolute atomic E-state index is 5.56. The first kappa shape index (κ1) is 16.7. The van der Waals surface area contributed by atoms with E-state index in [1.165, 1.54) is 0 Å². The Bertz CT molecular complexity index is 418.